The number of carbonyl (C=O) groups excluding carboxylic acids is 1. The van der Waals surface area contributed by atoms with E-state index in [0.29, 0.717) is 24.3 Å². The molecule has 0 aliphatic rings. The molecule has 9 nitrogen and oxygen atoms in total. The van der Waals surface area contributed by atoms with Gasteiger partial charge in [-0.15, -0.1) is 0 Å². The monoisotopic (exact) mass is 405 g/mol. The van der Waals surface area contributed by atoms with Gasteiger partial charge in [0.25, 0.3) is 0 Å². The third-order valence-corrected chi connectivity index (χ3v) is 5.03. The van der Waals surface area contributed by atoms with Gasteiger partial charge >= 0.3 is 5.97 Å². The second kappa shape index (κ2) is 9.31. The van der Waals surface area contributed by atoms with Gasteiger partial charge in [0.15, 0.2) is 5.96 Å². The van der Waals surface area contributed by atoms with Gasteiger partial charge in [0, 0.05) is 13.1 Å². The van der Waals surface area contributed by atoms with Gasteiger partial charge in [-0.3, -0.25) is 0 Å². The Morgan fingerprint density at radius 2 is 1.68 bits per heavy atom. The van der Waals surface area contributed by atoms with Crippen LogP contribution in [-0.2, 0) is 10.0 Å². The molecule has 0 atom stereocenters. The van der Waals surface area contributed by atoms with Gasteiger partial charge in [-0.1, -0.05) is 0 Å². The summed E-state index contributed by atoms with van der Waals surface area (Å²) in [6, 6.07) is 11.8. The summed E-state index contributed by atoms with van der Waals surface area (Å²) in [6.07, 6.45) is 0. The highest BCUT2D eigenvalue weighted by Gasteiger charge is 2.14. The van der Waals surface area contributed by atoms with Crippen molar-refractivity contribution in [2.24, 2.45) is 16.5 Å². The SMILES string of the molecule is CN(C)CCNS(=O)(=O)c1ccc(OC(=O)c2ccc(N=C(N)N)cc2)cc1. The summed E-state index contributed by atoms with van der Waals surface area (Å²) >= 11 is 0. The Kier molecular flexibility index (Phi) is 7.10. The Labute approximate surface area is 164 Å². The van der Waals surface area contributed by atoms with Crippen LogP contribution in [0.2, 0.25) is 0 Å². The van der Waals surface area contributed by atoms with E-state index in [1.54, 1.807) is 12.1 Å². The van der Waals surface area contributed by atoms with Crippen molar-refractivity contribution in [1.29, 1.82) is 0 Å². The summed E-state index contributed by atoms with van der Waals surface area (Å²) in [6.45, 7) is 0.874. The lowest BCUT2D eigenvalue weighted by molar-refractivity contribution is 0.0734. The van der Waals surface area contributed by atoms with Crippen LogP contribution in [0, 0.1) is 0 Å². The van der Waals surface area contributed by atoms with E-state index in [9.17, 15) is 13.2 Å². The zero-order chi connectivity index (χ0) is 20.7. The number of hydrogen-bond acceptors (Lipinski definition) is 6. The fraction of sp³-hybridized carbons (Fsp3) is 0.222. The minimum atomic E-state index is -3.62. The van der Waals surface area contributed by atoms with E-state index >= 15 is 0 Å². The van der Waals surface area contributed by atoms with E-state index in [0.717, 1.165) is 0 Å². The highest BCUT2D eigenvalue weighted by atomic mass is 32.2. The lowest BCUT2D eigenvalue weighted by Gasteiger charge is -2.11. The molecule has 0 fully saturated rings. The number of ether oxygens (including phenoxy) is 1. The molecule has 0 aliphatic carbocycles. The second-order valence-electron chi connectivity index (χ2n) is 6.15. The lowest BCUT2D eigenvalue weighted by Crippen LogP contribution is -2.31. The van der Waals surface area contributed by atoms with E-state index < -0.39 is 16.0 Å². The molecule has 2 aromatic carbocycles. The third-order valence-electron chi connectivity index (χ3n) is 3.56. The van der Waals surface area contributed by atoms with Crippen molar-refractivity contribution < 1.29 is 17.9 Å². The van der Waals surface area contributed by atoms with E-state index in [1.165, 1.54) is 36.4 Å². The molecule has 2 rings (SSSR count). The molecule has 2 aromatic rings. The van der Waals surface area contributed by atoms with Crippen molar-refractivity contribution in [3.05, 3.63) is 54.1 Å². The molecule has 10 heteroatoms. The molecule has 0 radical (unpaired) electrons. The van der Waals surface area contributed by atoms with Gasteiger partial charge in [0.2, 0.25) is 10.0 Å². The predicted octanol–water partition coefficient (Wildman–Crippen LogP) is 0.651. The predicted molar refractivity (Wildman–Crippen MR) is 107 cm³/mol. The van der Waals surface area contributed by atoms with Gasteiger partial charge in [0.05, 0.1) is 16.1 Å². The van der Waals surface area contributed by atoms with Gasteiger partial charge in [0.1, 0.15) is 5.75 Å². The lowest BCUT2D eigenvalue weighted by atomic mass is 10.2. The van der Waals surface area contributed by atoms with Crippen molar-refractivity contribution in [3.8, 4) is 5.75 Å². The number of rotatable bonds is 8. The summed E-state index contributed by atoms with van der Waals surface area (Å²) in [4.78, 5) is 18.0. The van der Waals surface area contributed by atoms with E-state index in [4.69, 9.17) is 16.2 Å². The number of nitrogens with one attached hydrogen (secondary N) is 1. The maximum Gasteiger partial charge on any atom is 0.343 e. The number of aliphatic imine (C=N–C) groups is 1. The number of guanidine groups is 1. The minimum absolute atomic E-state index is 0.0819. The van der Waals surface area contributed by atoms with Crippen molar-refractivity contribution in [1.82, 2.24) is 9.62 Å². The number of likely N-dealkylation sites (N-methyl/N-ethyl adjacent to an activating group) is 1. The molecule has 150 valence electrons. The fourth-order valence-corrected chi connectivity index (χ4v) is 3.18. The van der Waals surface area contributed by atoms with Gasteiger partial charge in [-0.2, -0.15) is 0 Å². The Balaban J connectivity index is 2.01. The molecule has 0 heterocycles. The van der Waals surface area contributed by atoms with Crippen LogP contribution < -0.4 is 20.9 Å². The summed E-state index contributed by atoms with van der Waals surface area (Å²) in [7, 11) is 0.0880. The zero-order valence-corrected chi connectivity index (χ0v) is 16.4. The largest absolute Gasteiger partial charge is 0.423 e. The van der Waals surface area contributed by atoms with E-state index in [2.05, 4.69) is 9.71 Å². The standard InChI is InChI=1S/C18H23N5O4S/c1-23(2)12-11-21-28(25,26)16-9-7-15(8-10-16)27-17(24)13-3-5-14(6-4-13)22-18(19)20/h3-10,21H,11-12H2,1-2H3,(H4,19,20,22). The Morgan fingerprint density at radius 3 is 2.21 bits per heavy atom. The normalized spacial score (nSPS) is 11.2. The van der Waals surface area contributed by atoms with E-state index in [1.807, 2.05) is 19.0 Å². The number of nitrogens with zero attached hydrogens (tertiary/aromatic N) is 2. The van der Waals surface area contributed by atoms with Crippen molar-refractivity contribution in [3.63, 3.8) is 0 Å². The quantitative estimate of drug-likeness (QED) is 0.253. The van der Waals surface area contributed by atoms with Crippen molar-refractivity contribution in [2.45, 2.75) is 4.90 Å². The number of hydrogen-bond donors (Lipinski definition) is 3. The molecular formula is C18H23N5O4S. The average molecular weight is 405 g/mol. The van der Waals surface area contributed by atoms with Gasteiger partial charge in [-0.05, 0) is 62.6 Å². The molecule has 5 N–H and O–H groups in total. The molecule has 0 aliphatic heterocycles. The van der Waals surface area contributed by atoms with Crippen LogP contribution in [0.3, 0.4) is 0 Å². The van der Waals surface area contributed by atoms with Crippen molar-refractivity contribution >= 4 is 27.6 Å². The highest BCUT2D eigenvalue weighted by molar-refractivity contribution is 7.89. The first-order valence-corrected chi connectivity index (χ1v) is 9.82. The van der Waals surface area contributed by atoms with Gasteiger partial charge < -0.3 is 21.1 Å². The first-order chi connectivity index (χ1) is 13.2. The number of carbonyl (C=O) groups is 1. The summed E-state index contributed by atoms with van der Waals surface area (Å²) in [5.41, 5.74) is 11.4. The van der Waals surface area contributed by atoms with Crippen LogP contribution in [0.25, 0.3) is 0 Å². The molecule has 0 saturated heterocycles. The van der Waals surface area contributed by atoms with Crippen molar-refractivity contribution in [2.75, 3.05) is 27.2 Å². The molecule has 0 aromatic heterocycles. The van der Waals surface area contributed by atoms with Crippen LogP contribution in [0.15, 0.2) is 58.4 Å². The average Bonchev–Trinajstić information content (AvgIpc) is 2.61. The van der Waals surface area contributed by atoms with E-state index in [-0.39, 0.29) is 16.6 Å². The van der Waals surface area contributed by atoms with Crippen LogP contribution in [0.1, 0.15) is 10.4 Å². The first kappa shape index (κ1) is 21.4. The molecular weight excluding hydrogens is 382 g/mol. The maximum atomic E-state index is 12.2. The summed E-state index contributed by atoms with van der Waals surface area (Å²) in [5.74, 6) is -0.442. The Morgan fingerprint density at radius 1 is 1.07 bits per heavy atom. The zero-order valence-electron chi connectivity index (χ0n) is 15.6. The molecule has 0 unspecified atom stereocenters. The van der Waals surface area contributed by atoms with Crippen LogP contribution in [-0.4, -0.2) is 52.4 Å². The summed E-state index contributed by atoms with van der Waals surface area (Å²) in [5, 5.41) is 0. The number of sulfonamides is 1. The molecule has 28 heavy (non-hydrogen) atoms. The van der Waals surface area contributed by atoms with Crippen LogP contribution in [0.5, 0.6) is 5.75 Å². The number of nitrogens with two attached hydrogens (primary N) is 2. The molecule has 0 bridgehead atoms. The smallest absolute Gasteiger partial charge is 0.343 e. The number of benzene rings is 2. The first-order valence-electron chi connectivity index (χ1n) is 8.34. The molecule has 0 saturated carbocycles. The van der Waals surface area contributed by atoms with Crippen LogP contribution in [0.4, 0.5) is 5.69 Å². The maximum absolute atomic E-state index is 12.2. The highest BCUT2D eigenvalue weighted by Crippen LogP contribution is 2.18. The third kappa shape index (κ3) is 6.34. The second-order valence-corrected chi connectivity index (χ2v) is 7.91. The molecule has 0 spiro atoms. The van der Waals surface area contributed by atoms with Crippen LogP contribution >= 0.6 is 0 Å². The Bertz CT molecular complexity index is 935. The van der Waals surface area contributed by atoms with Gasteiger partial charge in [-0.25, -0.2) is 22.9 Å². The number of esters is 1. The fourth-order valence-electron chi connectivity index (χ4n) is 2.16. The minimum Gasteiger partial charge on any atom is -0.423 e. The summed E-state index contributed by atoms with van der Waals surface area (Å²) < 4.78 is 32.2. The molecule has 0 amide bonds. The topological polar surface area (TPSA) is 140 Å². The Hall–Kier alpha value is -2.95.